The van der Waals surface area contributed by atoms with Crippen molar-refractivity contribution in [3.8, 4) is 5.75 Å². The van der Waals surface area contributed by atoms with E-state index in [4.69, 9.17) is 9.47 Å². The number of amides is 2. The average Bonchev–Trinajstić information content (AvgIpc) is 2.74. The largest absolute Gasteiger partial charge is 0.484 e. The number of carbonyl (C=O) groups is 3. The molecule has 0 saturated carbocycles. The molecule has 1 aromatic carbocycles. The lowest BCUT2D eigenvalue weighted by atomic mass is 9.96. The van der Waals surface area contributed by atoms with Gasteiger partial charge in [-0.3, -0.25) is 14.4 Å². The lowest BCUT2D eigenvalue weighted by Crippen LogP contribution is -2.44. The van der Waals surface area contributed by atoms with E-state index < -0.39 is 0 Å². The molecule has 7 nitrogen and oxygen atoms in total. The maximum Gasteiger partial charge on any atom is 0.260 e. The van der Waals surface area contributed by atoms with E-state index in [0.29, 0.717) is 56.8 Å². The molecule has 1 aliphatic heterocycles. The third kappa shape index (κ3) is 6.64. The summed E-state index contributed by atoms with van der Waals surface area (Å²) in [5.41, 5.74) is 0.642. The number of hydrogen-bond donors (Lipinski definition) is 1. The molecule has 0 spiro atoms. The minimum absolute atomic E-state index is 0.0452. The number of carbonyl (C=O) groups excluding carboxylic acids is 3. The van der Waals surface area contributed by atoms with Gasteiger partial charge in [-0.05, 0) is 43.5 Å². The zero-order valence-electron chi connectivity index (χ0n) is 16.7. The minimum Gasteiger partial charge on any atom is -0.484 e. The van der Waals surface area contributed by atoms with Gasteiger partial charge >= 0.3 is 0 Å². The van der Waals surface area contributed by atoms with Gasteiger partial charge < -0.3 is 19.7 Å². The molecule has 1 heterocycles. The first-order chi connectivity index (χ1) is 13.5. The van der Waals surface area contributed by atoms with Gasteiger partial charge in [0.1, 0.15) is 5.75 Å². The van der Waals surface area contributed by atoms with Gasteiger partial charge in [0.05, 0.1) is 0 Å². The van der Waals surface area contributed by atoms with Crippen LogP contribution in [0.5, 0.6) is 5.75 Å². The second-order valence-electron chi connectivity index (χ2n) is 6.88. The average molecular weight is 390 g/mol. The first-order valence-electron chi connectivity index (χ1n) is 9.85. The van der Waals surface area contributed by atoms with Crippen LogP contribution in [-0.2, 0) is 14.3 Å². The monoisotopic (exact) mass is 390 g/mol. The van der Waals surface area contributed by atoms with Gasteiger partial charge in [0.15, 0.2) is 12.4 Å². The molecule has 0 aromatic heterocycles. The van der Waals surface area contributed by atoms with E-state index in [-0.39, 0.29) is 30.1 Å². The van der Waals surface area contributed by atoms with Crippen LogP contribution in [0.3, 0.4) is 0 Å². The molecule has 1 aliphatic rings. The highest BCUT2D eigenvalue weighted by atomic mass is 16.5. The summed E-state index contributed by atoms with van der Waals surface area (Å²) in [4.78, 5) is 37.9. The second-order valence-corrected chi connectivity index (χ2v) is 6.88. The smallest absolute Gasteiger partial charge is 0.260 e. The molecule has 0 bridgehead atoms. The third-order valence-corrected chi connectivity index (χ3v) is 4.90. The van der Waals surface area contributed by atoms with Crippen molar-refractivity contribution in [2.75, 3.05) is 40.0 Å². The zero-order valence-corrected chi connectivity index (χ0v) is 16.7. The molecule has 0 aliphatic carbocycles. The minimum atomic E-state index is -0.0901. The van der Waals surface area contributed by atoms with Crippen LogP contribution in [0.2, 0.25) is 0 Å². The summed E-state index contributed by atoms with van der Waals surface area (Å²) >= 11 is 0. The van der Waals surface area contributed by atoms with E-state index in [0.717, 1.165) is 6.42 Å². The van der Waals surface area contributed by atoms with Crippen molar-refractivity contribution in [2.45, 2.75) is 32.6 Å². The first kappa shape index (κ1) is 21.9. The second kappa shape index (κ2) is 11.4. The van der Waals surface area contributed by atoms with Crippen molar-refractivity contribution in [3.05, 3.63) is 29.8 Å². The maximum atomic E-state index is 12.3. The number of likely N-dealkylation sites (tertiary alicyclic amines) is 1. The molecule has 1 N–H and O–H groups in total. The fraction of sp³-hybridized carbons (Fsp3) is 0.571. The SMILES string of the molecule is CCC(=O)c1ccc(OCC(=O)N2CCC(C(=O)NCCCOC)CC2)cc1. The number of nitrogens with zero attached hydrogens (tertiary/aromatic N) is 1. The van der Waals surface area contributed by atoms with Gasteiger partial charge in [0.25, 0.3) is 5.91 Å². The normalized spacial score (nSPS) is 14.6. The topological polar surface area (TPSA) is 84.9 Å². The predicted octanol–water partition coefficient (Wildman–Crippen LogP) is 2.05. The standard InChI is InChI=1S/C21H30N2O5/c1-3-19(24)16-5-7-18(8-6-16)28-15-20(25)23-12-9-17(10-13-23)21(26)22-11-4-14-27-2/h5-8,17H,3-4,9-15H2,1-2H3,(H,22,26). The fourth-order valence-corrected chi connectivity index (χ4v) is 3.14. The Bertz CT molecular complexity index is 651. The number of Topliss-reactive ketones (excluding diaryl/α,β-unsaturated/α-hetero) is 1. The third-order valence-electron chi connectivity index (χ3n) is 4.90. The van der Waals surface area contributed by atoms with Gasteiger partial charge in [-0.1, -0.05) is 6.92 Å². The van der Waals surface area contributed by atoms with Gasteiger partial charge in [-0.2, -0.15) is 0 Å². The van der Waals surface area contributed by atoms with Crippen molar-refractivity contribution in [3.63, 3.8) is 0 Å². The number of rotatable bonds is 10. The Labute approximate surface area is 166 Å². The van der Waals surface area contributed by atoms with Crippen LogP contribution in [0.4, 0.5) is 0 Å². The van der Waals surface area contributed by atoms with Gasteiger partial charge in [0, 0.05) is 51.3 Å². The maximum absolute atomic E-state index is 12.3. The van der Waals surface area contributed by atoms with E-state index in [1.165, 1.54) is 0 Å². The number of benzene rings is 1. The van der Waals surface area contributed by atoms with Gasteiger partial charge in [0.2, 0.25) is 5.91 Å². The van der Waals surface area contributed by atoms with Crippen molar-refractivity contribution >= 4 is 17.6 Å². The summed E-state index contributed by atoms with van der Waals surface area (Å²) in [6.07, 6.45) is 2.58. The Morgan fingerprint density at radius 2 is 1.82 bits per heavy atom. The molecular formula is C21H30N2O5. The van der Waals surface area contributed by atoms with E-state index in [1.54, 1.807) is 36.3 Å². The molecule has 7 heteroatoms. The zero-order chi connectivity index (χ0) is 20.4. The van der Waals surface area contributed by atoms with Gasteiger partial charge in [-0.25, -0.2) is 0 Å². The van der Waals surface area contributed by atoms with Crippen LogP contribution >= 0.6 is 0 Å². The molecule has 0 atom stereocenters. The molecular weight excluding hydrogens is 360 g/mol. The van der Waals surface area contributed by atoms with Crippen molar-refractivity contribution in [1.29, 1.82) is 0 Å². The number of piperidine rings is 1. The van der Waals surface area contributed by atoms with Crippen LogP contribution < -0.4 is 10.1 Å². The summed E-state index contributed by atoms with van der Waals surface area (Å²) in [6, 6.07) is 6.83. The molecule has 154 valence electrons. The van der Waals surface area contributed by atoms with E-state index in [2.05, 4.69) is 5.32 Å². The Balaban J connectivity index is 1.70. The number of nitrogens with one attached hydrogen (secondary N) is 1. The Kier molecular flexibility index (Phi) is 8.94. The summed E-state index contributed by atoms with van der Waals surface area (Å²) < 4.78 is 10.5. The summed E-state index contributed by atoms with van der Waals surface area (Å²) in [5, 5.41) is 2.92. The quantitative estimate of drug-likeness (QED) is 0.488. The lowest BCUT2D eigenvalue weighted by molar-refractivity contribution is -0.137. The molecule has 1 aromatic rings. The molecule has 28 heavy (non-hydrogen) atoms. The highest BCUT2D eigenvalue weighted by molar-refractivity contribution is 5.95. The van der Waals surface area contributed by atoms with Crippen molar-refractivity contribution in [1.82, 2.24) is 10.2 Å². The van der Waals surface area contributed by atoms with Crippen LogP contribution in [-0.4, -0.2) is 62.5 Å². The summed E-state index contributed by atoms with van der Waals surface area (Å²) in [5.74, 6) is 0.560. The predicted molar refractivity (Wildman–Crippen MR) is 105 cm³/mol. The molecule has 2 amide bonds. The summed E-state index contributed by atoms with van der Waals surface area (Å²) in [7, 11) is 1.64. The molecule has 0 radical (unpaired) electrons. The van der Waals surface area contributed by atoms with Crippen LogP contribution in [0.1, 0.15) is 43.0 Å². The fourth-order valence-electron chi connectivity index (χ4n) is 3.14. The van der Waals surface area contributed by atoms with E-state index in [1.807, 2.05) is 6.92 Å². The first-order valence-corrected chi connectivity index (χ1v) is 9.85. The highest BCUT2D eigenvalue weighted by Crippen LogP contribution is 2.18. The van der Waals surface area contributed by atoms with Crippen LogP contribution in [0.15, 0.2) is 24.3 Å². The number of ketones is 1. The van der Waals surface area contributed by atoms with E-state index in [9.17, 15) is 14.4 Å². The molecule has 2 rings (SSSR count). The van der Waals surface area contributed by atoms with Crippen LogP contribution in [0.25, 0.3) is 0 Å². The number of methoxy groups -OCH3 is 1. The number of hydrogen-bond acceptors (Lipinski definition) is 5. The van der Waals surface area contributed by atoms with Crippen molar-refractivity contribution < 1.29 is 23.9 Å². The Morgan fingerprint density at radius 1 is 1.14 bits per heavy atom. The lowest BCUT2D eigenvalue weighted by Gasteiger charge is -2.31. The molecule has 1 fully saturated rings. The molecule has 0 unspecified atom stereocenters. The highest BCUT2D eigenvalue weighted by Gasteiger charge is 2.27. The van der Waals surface area contributed by atoms with Gasteiger partial charge in [-0.15, -0.1) is 0 Å². The Hall–Kier alpha value is -2.41. The number of ether oxygens (including phenoxy) is 2. The van der Waals surface area contributed by atoms with Crippen molar-refractivity contribution in [2.24, 2.45) is 5.92 Å². The molecule has 1 saturated heterocycles. The van der Waals surface area contributed by atoms with Crippen LogP contribution in [0, 0.1) is 5.92 Å². The van der Waals surface area contributed by atoms with E-state index >= 15 is 0 Å². The Morgan fingerprint density at radius 3 is 2.43 bits per heavy atom. The summed E-state index contributed by atoms with van der Waals surface area (Å²) in [6.45, 7) is 4.13.